The summed E-state index contributed by atoms with van der Waals surface area (Å²) in [5, 5.41) is 0. The van der Waals surface area contributed by atoms with Gasteiger partial charge in [-0.1, -0.05) is 0 Å². The molecule has 0 aromatic heterocycles. The number of terminal acetylenes is 1. The minimum atomic E-state index is 0. The van der Waals surface area contributed by atoms with Crippen molar-refractivity contribution >= 4 is 0 Å². The van der Waals surface area contributed by atoms with E-state index in [2.05, 4.69) is 12.8 Å². The third-order valence-corrected chi connectivity index (χ3v) is 0.321. The fourth-order valence-electron chi connectivity index (χ4n) is 0.102. The molecule has 0 atom stereocenters. The van der Waals surface area contributed by atoms with Crippen LogP contribution >= 0.6 is 0 Å². The Labute approximate surface area is 94.4 Å². The summed E-state index contributed by atoms with van der Waals surface area (Å²) < 4.78 is 0. The van der Waals surface area contributed by atoms with Gasteiger partial charge in [0.05, 0.1) is 0 Å². The molecule has 0 nitrogen and oxygen atoms in total. The van der Waals surface area contributed by atoms with Crippen molar-refractivity contribution in [3.63, 3.8) is 0 Å². The molecule has 0 radical (unpaired) electrons. The Morgan fingerprint density at radius 1 is 1.25 bits per heavy atom. The Bertz CT molecular complexity index is 46.1. The summed E-state index contributed by atoms with van der Waals surface area (Å²) in [6.45, 7) is 3.53. The standard InChI is InChI=1S/C5H7.3W/c1-3-5-4-2;;;/h1H,2,4-5H2;;;/q-1;;;. The Hall–Kier alpha value is 1.62. The number of rotatable bonds is 1. The maximum absolute atomic E-state index is 4.85. The average Bonchev–Trinajstić information content (AvgIpc) is 1.41. The number of unbranched alkanes of at least 4 members (excludes halogenated alkanes) is 1. The molecule has 0 fully saturated rings. The second kappa shape index (κ2) is 23.4. The van der Waals surface area contributed by atoms with Crippen LogP contribution in [-0.2, 0) is 63.2 Å². The molecule has 8 heavy (non-hydrogen) atoms. The van der Waals surface area contributed by atoms with Gasteiger partial charge < -0.3 is 6.92 Å². The number of hydrogen-bond donors (Lipinski definition) is 0. The molecule has 0 unspecified atom stereocenters. The van der Waals surface area contributed by atoms with Crippen LogP contribution in [0.4, 0.5) is 0 Å². The van der Waals surface area contributed by atoms with Gasteiger partial charge in [0.25, 0.3) is 0 Å². The Kier molecular flexibility index (Phi) is 66.3. The molecule has 0 saturated carbocycles. The molecule has 0 aliphatic heterocycles. The first-order chi connectivity index (χ1) is 2.41. The molecule has 0 rings (SSSR count). The van der Waals surface area contributed by atoms with Crippen LogP contribution in [0.1, 0.15) is 12.8 Å². The van der Waals surface area contributed by atoms with Crippen LogP contribution in [0, 0.1) is 19.3 Å². The van der Waals surface area contributed by atoms with Crippen molar-refractivity contribution < 1.29 is 63.2 Å². The predicted octanol–water partition coefficient (Wildman–Crippen LogP) is 1.23. The van der Waals surface area contributed by atoms with Gasteiger partial charge in [-0.3, -0.25) is 0 Å². The zero-order valence-corrected chi connectivity index (χ0v) is 13.2. The first-order valence-electron chi connectivity index (χ1n) is 1.64. The van der Waals surface area contributed by atoms with E-state index in [0.717, 1.165) is 12.8 Å². The molecule has 0 saturated heterocycles. The Morgan fingerprint density at radius 2 is 1.62 bits per heavy atom. The van der Waals surface area contributed by atoms with Gasteiger partial charge in [-0.05, 0) is 6.42 Å². The fraction of sp³-hybridized carbons (Fsp3) is 0.400. The third kappa shape index (κ3) is 25.5. The maximum Gasteiger partial charge on any atom is 0 e. The second-order valence-electron chi connectivity index (χ2n) is 0.808. The van der Waals surface area contributed by atoms with Crippen molar-refractivity contribution in [3.05, 3.63) is 6.92 Å². The minimum absolute atomic E-state index is 0. The molecule has 0 aliphatic carbocycles. The Balaban J connectivity index is -0.0000000267. The van der Waals surface area contributed by atoms with Crippen molar-refractivity contribution in [3.8, 4) is 12.3 Å². The van der Waals surface area contributed by atoms with Gasteiger partial charge in [0.15, 0.2) is 0 Å². The molecule has 0 bridgehead atoms. The Morgan fingerprint density at radius 3 is 1.62 bits per heavy atom. The molecule has 0 aromatic carbocycles. The van der Waals surface area contributed by atoms with Gasteiger partial charge in [-0.2, -0.15) is 6.42 Å². The molecule has 0 aromatic rings. The van der Waals surface area contributed by atoms with Crippen LogP contribution in [-0.4, -0.2) is 0 Å². The van der Waals surface area contributed by atoms with E-state index in [-0.39, 0.29) is 63.2 Å². The van der Waals surface area contributed by atoms with E-state index in [1.54, 1.807) is 0 Å². The van der Waals surface area contributed by atoms with E-state index in [4.69, 9.17) is 6.42 Å². The first-order valence-corrected chi connectivity index (χ1v) is 1.64. The van der Waals surface area contributed by atoms with Crippen molar-refractivity contribution in [1.82, 2.24) is 0 Å². The molecule has 0 aliphatic rings. The molecule has 3 heteroatoms. The van der Waals surface area contributed by atoms with E-state index in [0.29, 0.717) is 0 Å². The molecular formula is C5H7W3-. The van der Waals surface area contributed by atoms with Crippen LogP contribution in [0.15, 0.2) is 0 Å². The van der Waals surface area contributed by atoms with Crippen molar-refractivity contribution in [2.75, 3.05) is 0 Å². The van der Waals surface area contributed by atoms with Crippen molar-refractivity contribution in [2.45, 2.75) is 12.8 Å². The zero-order valence-electron chi connectivity index (χ0n) is 4.42. The van der Waals surface area contributed by atoms with Crippen LogP contribution in [0.3, 0.4) is 0 Å². The van der Waals surface area contributed by atoms with Crippen LogP contribution < -0.4 is 0 Å². The molecular weight excluding hydrogens is 612 g/mol. The minimum Gasteiger partial charge on any atom is -0.342 e. The van der Waals surface area contributed by atoms with E-state index < -0.39 is 0 Å². The smallest absolute Gasteiger partial charge is 0 e. The van der Waals surface area contributed by atoms with E-state index >= 15 is 0 Å². The molecule has 46 valence electrons. The first kappa shape index (κ1) is 22.6. The molecule has 0 N–H and O–H groups in total. The van der Waals surface area contributed by atoms with Gasteiger partial charge in [-0.15, -0.1) is 12.3 Å². The second-order valence-corrected chi connectivity index (χ2v) is 0.808. The normalized spacial score (nSPS) is 4.00. The number of hydrogen-bond acceptors (Lipinski definition) is 0. The zero-order chi connectivity index (χ0) is 4.12. The summed E-state index contributed by atoms with van der Waals surface area (Å²) in [7, 11) is 0. The summed E-state index contributed by atoms with van der Waals surface area (Å²) in [5.41, 5.74) is 0. The largest absolute Gasteiger partial charge is 0.342 e. The van der Waals surface area contributed by atoms with E-state index in [1.807, 2.05) is 0 Å². The summed E-state index contributed by atoms with van der Waals surface area (Å²) in [6, 6.07) is 0. The summed E-state index contributed by atoms with van der Waals surface area (Å²) in [5.74, 6) is 2.45. The summed E-state index contributed by atoms with van der Waals surface area (Å²) >= 11 is 0. The summed E-state index contributed by atoms with van der Waals surface area (Å²) in [6.07, 6.45) is 6.51. The van der Waals surface area contributed by atoms with Crippen molar-refractivity contribution in [1.29, 1.82) is 0 Å². The average molecular weight is 619 g/mol. The maximum atomic E-state index is 4.85. The van der Waals surface area contributed by atoms with E-state index in [1.165, 1.54) is 0 Å². The SMILES string of the molecule is C#CCC[CH2-].[W].[W].[W]. The van der Waals surface area contributed by atoms with Crippen molar-refractivity contribution in [2.24, 2.45) is 0 Å². The van der Waals surface area contributed by atoms with E-state index in [9.17, 15) is 0 Å². The van der Waals surface area contributed by atoms with Gasteiger partial charge in [0, 0.05) is 63.2 Å². The molecule has 0 heterocycles. The van der Waals surface area contributed by atoms with Crippen LogP contribution in [0.25, 0.3) is 0 Å². The molecule has 0 spiro atoms. The van der Waals surface area contributed by atoms with Gasteiger partial charge >= 0.3 is 0 Å². The summed E-state index contributed by atoms with van der Waals surface area (Å²) in [4.78, 5) is 0. The monoisotopic (exact) mass is 619 g/mol. The topological polar surface area (TPSA) is 0 Å². The van der Waals surface area contributed by atoms with Crippen LogP contribution in [0.5, 0.6) is 0 Å². The van der Waals surface area contributed by atoms with Gasteiger partial charge in [-0.25, -0.2) is 0 Å². The third-order valence-electron chi connectivity index (χ3n) is 0.321. The van der Waals surface area contributed by atoms with Crippen LogP contribution in [0.2, 0.25) is 0 Å². The van der Waals surface area contributed by atoms with Gasteiger partial charge in [0.2, 0.25) is 0 Å². The van der Waals surface area contributed by atoms with Gasteiger partial charge in [0.1, 0.15) is 0 Å². The quantitative estimate of drug-likeness (QED) is 0.307. The molecule has 0 amide bonds. The fourth-order valence-corrected chi connectivity index (χ4v) is 0.102. The predicted molar refractivity (Wildman–Crippen MR) is 23.4 cm³/mol.